The van der Waals surface area contributed by atoms with Gasteiger partial charge in [-0.2, -0.15) is 0 Å². The molecule has 9 heteroatoms. The summed E-state index contributed by atoms with van der Waals surface area (Å²) in [6.07, 6.45) is 83.1. The highest BCUT2D eigenvalue weighted by atomic mass is 16.7. The van der Waals surface area contributed by atoms with Gasteiger partial charge in [0.05, 0.1) is 34.4 Å². The van der Waals surface area contributed by atoms with Crippen LogP contribution in [0.3, 0.4) is 0 Å². The number of carbonyl (C=O) groups is 3. The molecule has 0 aliphatic carbocycles. The van der Waals surface area contributed by atoms with Crippen LogP contribution in [0.15, 0.2) is 72.9 Å². The molecule has 1 N–H and O–H groups in total. The van der Waals surface area contributed by atoms with Crippen molar-refractivity contribution < 1.29 is 42.9 Å². The zero-order chi connectivity index (χ0) is 60.5. The van der Waals surface area contributed by atoms with Gasteiger partial charge in [-0.15, -0.1) is 0 Å². The molecular formula is C74H134NO8+. The maximum Gasteiger partial charge on any atom is 0.361 e. The third-order valence-electron chi connectivity index (χ3n) is 15.4. The minimum absolute atomic E-state index is 0.185. The molecule has 0 heterocycles. The second-order valence-corrected chi connectivity index (χ2v) is 24.8. The van der Waals surface area contributed by atoms with Crippen LogP contribution in [0.5, 0.6) is 0 Å². The normalized spacial score (nSPS) is 13.1. The maximum absolute atomic E-state index is 12.9. The van der Waals surface area contributed by atoms with Crippen molar-refractivity contribution in [2.24, 2.45) is 0 Å². The van der Waals surface area contributed by atoms with Crippen LogP contribution in [0, 0.1) is 0 Å². The number of likely N-dealkylation sites (N-methyl/N-ethyl adjacent to an activating group) is 1. The Morgan fingerprint density at radius 2 is 0.687 bits per heavy atom. The maximum atomic E-state index is 12.9. The highest BCUT2D eigenvalue weighted by Crippen LogP contribution is 2.18. The molecular weight excluding hydrogens is 1030 g/mol. The number of hydrogen-bond donors (Lipinski definition) is 1. The summed E-state index contributed by atoms with van der Waals surface area (Å²) in [6, 6.07) is 0. The Morgan fingerprint density at radius 1 is 0.373 bits per heavy atom. The van der Waals surface area contributed by atoms with E-state index in [-0.39, 0.29) is 32.2 Å². The second kappa shape index (κ2) is 64.7. The Bertz CT molecular complexity index is 1590. The van der Waals surface area contributed by atoms with Gasteiger partial charge in [0.1, 0.15) is 13.2 Å². The van der Waals surface area contributed by atoms with E-state index in [9.17, 15) is 19.5 Å². The first-order valence-electron chi connectivity index (χ1n) is 35.1. The van der Waals surface area contributed by atoms with E-state index in [0.717, 1.165) is 77.0 Å². The van der Waals surface area contributed by atoms with Crippen LogP contribution in [0.25, 0.3) is 0 Å². The van der Waals surface area contributed by atoms with E-state index in [1.54, 1.807) is 0 Å². The number of esters is 2. The van der Waals surface area contributed by atoms with Gasteiger partial charge in [-0.1, -0.05) is 299 Å². The topological polar surface area (TPSA) is 108 Å². The van der Waals surface area contributed by atoms with Crippen molar-refractivity contribution in [3.05, 3.63) is 72.9 Å². The van der Waals surface area contributed by atoms with E-state index in [0.29, 0.717) is 23.9 Å². The van der Waals surface area contributed by atoms with Crippen LogP contribution in [0.2, 0.25) is 0 Å². The molecule has 0 aliphatic heterocycles. The first kappa shape index (κ1) is 79.7. The van der Waals surface area contributed by atoms with Crippen LogP contribution in [0.4, 0.5) is 0 Å². The van der Waals surface area contributed by atoms with Gasteiger partial charge in [0.25, 0.3) is 6.29 Å². The first-order valence-corrected chi connectivity index (χ1v) is 35.1. The van der Waals surface area contributed by atoms with Gasteiger partial charge >= 0.3 is 17.9 Å². The lowest BCUT2D eigenvalue weighted by Crippen LogP contribution is -2.40. The molecule has 0 fully saturated rings. The van der Waals surface area contributed by atoms with Crippen LogP contribution in [0.1, 0.15) is 322 Å². The molecule has 2 atom stereocenters. The minimum atomic E-state index is -1.51. The summed E-state index contributed by atoms with van der Waals surface area (Å²) in [5.41, 5.74) is 0. The number of nitrogens with zero attached hydrogens (tertiary/aromatic N) is 1. The summed E-state index contributed by atoms with van der Waals surface area (Å²) in [6.45, 7) is 4.78. The number of rotatable bonds is 65. The zero-order valence-corrected chi connectivity index (χ0v) is 55.1. The lowest BCUT2D eigenvalue weighted by Gasteiger charge is -2.25. The monoisotopic (exact) mass is 1170 g/mol. The summed E-state index contributed by atoms with van der Waals surface area (Å²) in [4.78, 5) is 37.6. The molecule has 0 amide bonds. The number of aliphatic carboxylic acids is 1. The molecule has 0 saturated heterocycles. The molecule has 482 valence electrons. The van der Waals surface area contributed by atoms with Crippen molar-refractivity contribution in [1.82, 2.24) is 0 Å². The number of allylic oxidation sites excluding steroid dienone is 12. The highest BCUT2D eigenvalue weighted by Gasteiger charge is 2.25. The Hall–Kier alpha value is -3.27. The Balaban J connectivity index is 4.01. The van der Waals surface area contributed by atoms with Crippen LogP contribution >= 0.6 is 0 Å². The number of ether oxygens (including phenoxy) is 4. The number of quaternary nitrogens is 1. The highest BCUT2D eigenvalue weighted by molar-refractivity contribution is 5.71. The molecule has 0 rings (SSSR count). The SMILES string of the molecule is CC/C=C\C/C=C\C/C=C\C/C=C\CCCCCCCCCCC(=O)OC(COC(=O)CCCCCCCCCCCCCCCCCCCCCCCCCCC/C=C\C/C=C\CCCCCCC)COC(OCC[N+](C)(C)C)C(=O)O. The molecule has 0 aromatic rings. The molecule has 2 unspecified atom stereocenters. The van der Waals surface area contributed by atoms with E-state index in [2.05, 4.69) is 86.8 Å². The molecule has 0 bridgehead atoms. The van der Waals surface area contributed by atoms with Gasteiger partial charge in [-0.05, 0) is 83.5 Å². The first-order chi connectivity index (χ1) is 40.6. The van der Waals surface area contributed by atoms with E-state index < -0.39 is 24.3 Å². The van der Waals surface area contributed by atoms with Crippen LogP contribution in [-0.2, 0) is 33.3 Å². The number of carboxylic acids is 1. The lowest BCUT2D eigenvalue weighted by molar-refractivity contribution is -0.870. The fraction of sp³-hybridized carbons (Fsp3) is 0.797. The Morgan fingerprint density at radius 3 is 1.02 bits per heavy atom. The molecule has 83 heavy (non-hydrogen) atoms. The van der Waals surface area contributed by atoms with Crippen molar-refractivity contribution in [3.63, 3.8) is 0 Å². The van der Waals surface area contributed by atoms with E-state index in [1.165, 1.54) is 212 Å². The molecule has 0 aromatic carbocycles. The average Bonchev–Trinajstić information content (AvgIpc) is 3.46. The van der Waals surface area contributed by atoms with E-state index >= 15 is 0 Å². The van der Waals surface area contributed by atoms with Crippen molar-refractivity contribution in [2.75, 3.05) is 47.5 Å². The molecule has 0 saturated carbocycles. The van der Waals surface area contributed by atoms with Crippen molar-refractivity contribution in [1.29, 1.82) is 0 Å². The molecule has 0 aliphatic rings. The summed E-state index contributed by atoms with van der Waals surface area (Å²) >= 11 is 0. The molecule has 0 spiro atoms. The van der Waals surface area contributed by atoms with E-state index in [1.807, 2.05) is 21.1 Å². The Labute approximate surface area is 513 Å². The fourth-order valence-corrected chi connectivity index (χ4v) is 10.1. The number of carboxylic acid groups (broad SMARTS) is 1. The second-order valence-electron chi connectivity index (χ2n) is 24.8. The third kappa shape index (κ3) is 66.1. The smallest absolute Gasteiger partial charge is 0.361 e. The van der Waals surface area contributed by atoms with E-state index in [4.69, 9.17) is 18.9 Å². The van der Waals surface area contributed by atoms with Gasteiger partial charge in [0.15, 0.2) is 6.10 Å². The van der Waals surface area contributed by atoms with Gasteiger partial charge in [-0.25, -0.2) is 4.79 Å². The Kier molecular flexibility index (Phi) is 62.2. The van der Waals surface area contributed by atoms with Gasteiger partial charge < -0.3 is 28.5 Å². The zero-order valence-electron chi connectivity index (χ0n) is 55.1. The number of hydrogen-bond acceptors (Lipinski definition) is 7. The van der Waals surface area contributed by atoms with Gasteiger partial charge in [0, 0.05) is 12.8 Å². The number of carbonyl (C=O) groups excluding carboxylic acids is 2. The number of unbranched alkanes of at least 4 members (excludes halogenated alkanes) is 38. The van der Waals surface area contributed by atoms with Crippen molar-refractivity contribution >= 4 is 17.9 Å². The van der Waals surface area contributed by atoms with Crippen molar-refractivity contribution in [3.8, 4) is 0 Å². The van der Waals surface area contributed by atoms with Crippen LogP contribution < -0.4 is 0 Å². The quantitative estimate of drug-likeness (QED) is 0.0211. The molecule has 0 radical (unpaired) electrons. The molecule has 9 nitrogen and oxygen atoms in total. The average molecular weight is 1170 g/mol. The largest absolute Gasteiger partial charge is 0.477 e. The summed E-state index contributed by atoms with van der Waals surface area (Å²) in [7, 11) is 5.98. The fourth-order valence-electron chi connectivity index (χ4n) is 10.1. The summed E-state index contributed by atoms with van der Waals surface area (Å²) < 4.78 is 23.0. The van der Waals surface area contributed by atoms with Gasteiger partial charge in [-0.3, -0.25) is 9.59 Å². The predicted molar refractivity (Wildman–Crippen MR) is 355 cm³/mol. The lowest BCUT2D eigenvalue weighted by atomic mass is 10.0. The minimum Gasteiger partial charge on any atom is -0.477 e. The van der Waals surface area contributed by atoms with Crippen molar-refractivity contribution in [2.45, 2.75) is 334 Å². The summed E-state index contributed by atoms with van der Waals surface area (Å²) in [5, 5.41) is 9.73. The van der Waals surface area contributed by atoms with Gasteiger partial charge in [0.2, 0.25) is 0 Å². The summed E-state index contributed by atoms with van der Waals surface area (Å²) in [5.74, 6) is -2.00. The predicted octanol–water partition coefficient (Wildman–Crippen LogP) is 21.7. The molecule has 0 aromatic heterocycles. The van der Waals surface area contributed by atoms with Crippen LogP contribution in [-0.4, -0.2) is 87.4 Å². The standard InChI is InChI=1S/C74H133NO8/c1-6-8-10-12-14-16-18-20-22-24-26-28-29-30-31-32-33-34-35-36-37-38-39-40-41-42-43-45-46-48-50-52-54-56-58-60-62-64-71(76)81-68-70(69-82-74(73(78)79)80-67-66-75(3,4)5)83-72(77)65-63-61-59-57-55-53-51-49-47-44-27-25-23-21-19-17-15-13-11-9-7-2/h9,11,15,17-18,20-21,23-24,26-27,44,70,74H,6-8,10,12-14,16,19,22,25,28-43,45-69H2,1-5H3/p+1/b11-9-,17-15-,20-18-,23-21-,26-24-,44-27-. The third-order valence-corrected chi connectivity index (χ3v) is 15.4.